The van der Waals surface area contributed by atoms with E-state index in [1.165, 1.54) is 80.4 Å². The van der Waals surface area contributed by atoms with Crippen LogP contribution in [0, 0.1) is 0 Å². The molecule has 65 heavy (non-hydrogen) atoms. The van der Waals surface area contributed by atoms with E-state index < -0.39 is 11.5 Å². The Labute approximate surface area is 389 Å². The van der Waals surface area contributed by atoms with Crippen LogP contribution in [0.15, 0.2) is 231 Å². The summed E-state index contributed by atoms with van der Waals surface area (Å²) in [4.78, 5) is 5.68. The first-order valence-corrected chi connectivity index (χ1v) is 28.7. The number of hydrogen-bond acceptors (Lipinski definition) is 2. The van der Waals surface area contributed by atoms with E-state index in [0.29, 0.717) is 0 Å². The summed E-state index contributed by atoms with van der Waals surface area (Å²) < 4.78 is 2.43. The number of nitrogens with zero attached hydrogens (tertiary/aromatic N) is 2. The van der Waals surface area contributed by atoms with Crippen LogP contribution >= 0.6 is 11.5 Å². The van der Waals surface area contributed by atoms with Crippen LogP contribution in [0.3, 0.4) is 0 Å². The molecule has 0 fully saturated rings. The molecular formula is C59H38N2P2SSe. The van der Waals surface area contributed by atoms with Crippen LogP contribution in [-0.4, -0.2) is 24.5 Å². The number of fused-ring (bicyclic) bond motifs is 13. The fraction of sp³-hybridized carbons (Fsp3) is 0. The Balaban J connectivity index is 1.11. The van der Waals surface area contributed by atoms with Gasteiger partial charge in [0.25, 0.3) is 0 Å². The number of aromatic nitrogens is 2. The van der Waals surface area contributed by atoms with Gasteiger partial charge in [-0.15, -0.1) is 0 Å². The second kappa shape index (κ2) is 15.0. The second-order valence-corrected chi connectivity index (χ2v) is 27.6. The van der Waals surface area contributed by atoms with Crippen molar-refractivity contribution in [3.8, 4) is 0 Å². The molecule has 0 saturated carbocycles. The molecular weight excluding hydrogens is 910 g/mol. The zero-order valence-corrected chi connectivity index (χ0v) is 39.4. The molecule has 0 bridgehead atoms. The van der Waals surface area contributed by atoms with Gasteiger partial charge >= 0.3 is 309 Å². The number of pyridine rings is 1. The zero-order valence-electron chi connectivity index (χ0n) is 35.0. The van der Waals surface area contributed by atoms with Gasteiger partial charge in [0.05, 0.1) is 0 Å². The van der Waals surface area contributed by atoms with E-state index in [4.69, 9.17) is 16.8 Å². The Morgan fingerprint density at radius 3 is 1.46 bits per heavy atom. The summed E-state index contributed by atoms with van der Waals surface area (Å²) in [5, 5.41) is 20.6. The van der Waals surface area contributed by atoms with Crippen molar-refractivity contribution in [2.45, 2.75) is 0 Å². The Morgan fingerprint density at radius 1 is 0.354 bits per heavy atom. The first-order valence-electron chi connectivity index (χ1n) is 21.9. The van der Waals surface area contributed by atoms with Crippen LogP contribution in [0.1, 0.15) is 0 Å². The number of hydrogen-bond donors (Lipinski definition) is 0. The molecule has 0 aliphatic rings. The predicted octanol–water partition coefficient (Wildman–Crippen LogP) is 12.5. The molecule has 0 spiro atoms. The van der Waals surface area contributed by atoms with Crippen LogP contribution in [0.5, 0.6) is 0 Å². The van der Waals surface area contributed by atoms with Gasteiger partial charge < -0.3 is 0 Å². The van der Waals surface area contributed by atoms with Gasteiger partial charge in [-0.05, 0) is 21.5 Å². The van der Waals surface area contributed by atoms with E-state index in [1.54, 1.807) is 0 Å². The summed E-state index contributed by atoms with van der Waals surface area (Å²) >= 11 is 11.0. The van der Waals surface area contributed by atoms with Crippen molar-refractivity contribution in [1.29, 1.82) is 0 Å². The summed E-state index contributed by atoms with van der Waals surface area (Å²) in [6.07, 6.45) is 0. The minimum atomic E-state index is -2.60. The van der Waals surface area contributed by atoms with Crippen molar-refractivity contribution >= 4 is 152 Å². The van der Waals surface area contributed by atoms with Crippen molar-refractivity contribution < 1.29 is 0 Å². The van der Waals surface area contributed by atoms with E-state index in [9.17, 15) is 0 Å². The Morgan fingerprint density at radius 2 is 0.815 bits per heavy atom. The third kappa shape index (κ3) is 6.03. The van der Waals surface area contributed by atoms with Crippen LogP contribution in [0.25, 0.3) is 81.4 Å². The van der Waals surface area contributed by atoms with Gasteiger partial charge in [-0.1, -0.05) is 60.7 Å². The van der Waals surface area contributed by atoms with Crippen LogP contribution in [0.2, 0.25) is 0 Å². The van der Waals surface area contributed by atoms with Crippen molar-refractivity contribution in [3.63, 3.8) is 0 Å². The van der Waals surface area contributed by atoms with Gasteiger partial charge in [-0.3, -0.25) is 0 Å². The molecule has 0 aliphatic heterocycles. The molecule has 13 rings (SSSR count). The molecule has 6 heteroatoms. The fourth-order valence-electron chi connectivity index (χ4n) is 10.2. The monoisotopic (exact) mass is 948 g/mol. The molecule has 1 atom stereocenters. The summed E-state index contributed by atoms with van der Waals surface area (Å²) in [5.74, 6) is 0. The second-order valence-electron chi connectivity index (χ2n) is 17.0. The standard InChI is InChI=1S/C59H38N2P2SSe/c64-62(47-26-22-39-12-4-7-16-43(39)34-47,48-27-23-40-13-5-8-17-44(40)35-48)49-30-33-56-55(37-49)60-59-58-52-21-11-10-15-42(52)25-31-54(58)53-32-29-51(38-57(53)61(56)59)63(65,46-19-2-1-3-20-46)50-28-24-41-14-6-9-18-45(41)36-50/h1-38H. The number of rotatable bonds is 6. The van der Waals surface area contributed by atoms with Gasteiger partial charge in [-0.25, -0.2) is 0 Å². The van der Waals surface area contributed by atoms with Crippen LogP contribution in [-0.2, 0) is 11.8 Å². The average molecular weight is 948 g/mol. The molecule has 2 nitrogen and oxygen atoms in total. The summed E-state index contributed by atoms with van der Waals surface area (Å²) in [5.41, 5.74) is 1.83. The Bertz CT molecular complexity index is 4130. The van der Waals surface area contributed by atoms with Gasteiger partial charge in [0.15, 0.2) is 0 Å². The molecule has 0 N–H and O–H groups in total. The third-order valence-corrected chi connectivity index (χ3v) is 25.4. The zero-order chi connectivity index (χ0) is 43.3. The maximum atomic E-state index is 7.15. The third-order valence-electron chi connectivity index (χ3n) is 13.4. The normalized spacial score (nSPS) is 13.2. The maximum absolute atomic E-state index is 7.15. The summed E-state index contributed by atoms with van der Waals surface area (Å²) in [6, 6.07) is 82.2. The minimum absolute atomic E-state index is 0.937. The summed E-state index contributed by atoms with van der Waals surface area (Å²) in [7, 11) is 0. The van der Waals surface area contributed by atoms with Crippen molar-refractivity contribution in [1.82, 2.24) is 9.38 Å². The van der Waals surface area contributed by atoms with Gasteiger partial charge in [0, 0.05) is 0 Å². The predicted molar refractivity (Wildman–Crippen MR) is 288 cm³/mol. The molecule has 0 saturated heterocycles. The molecule has 0 aliphatic carbocycles. The van der Waals surface area contributed by atoms with E-state index >= 15 is 0 Å². The molecule has 0 radical (unpaired) electrons. The van der Waals surface area contributed by atoms with Crippen LogP contribution in [0.4, 0.5) is 0 Å². The summed E-state index contributed by atoms with van der Waals surface area (Å²) in [6.45, 7) is 0. The van der Waals surface area contributed by atoms with Crippen LogP contribution < -0.4 is 31.8 Å². The first kappa shape index (κ1) is 38.9. The number of benzene rings is 11. The average Bonchev–Trinajstić information content (AvgIpc) is 3.77. The molecule has 0 amide bonds. The Hall–Kier alpha value is -6.47. The van der Waals surface area contributed by atoms with Crippen molar-refractivity contribution in [2.24, 2.45) is 0 Å². The van der Waals surface area contributed by atoms with Crippen molar-refractivity contribution in [2.75, 3.05) is 0 Å². The van der Waals surface area contributed by atoms with E-state index in [2.05, 4.69) is 250 Å². The van der Waals surface area contributed by atoms with Gasteiger partial charge in [-0.2, -0.15) is 0 Å². The van der Waals surface area contributed by atoms with Gasteiger partial charge in [0.1, 0.15) is 0 Å². The Kier molecular flexibility index (Phi) is 9.02. The van der Waals surface area contributed by atoms with Crippen molar-refractivity contribution in [3.05, 3.63) is 231 Å². The quantitative estimate of drug-likeness (QED) is 0.0939. The molecule has 1 unspecified atom stereocenters. The topological polar surface area (TPSA) is 17.3 Å². The van der Waals surface area contributed by atoms with E-state index in [-0.39, 0.29) is 0 Å². The molecule has 306 valence electrons. The fourth-order valence-corrected chi connectivity index (χ4v) is 18.8. The first-order chi connectivity index (χ1) is 31.9. The van der Waals surface area contributed by atoms with E-state index in [0.717, 1.165) is 32.9 Å². The SMILES string of the molecule is S=P(c1ccc2ccccc2c1)(c1ccc2ccccc2c1)c1ccc2c(c1)nc1c3c4ccccc4ccc3c3ccc(P(=[Se])(c4ccccc4)c4ccc5ccccc5c4)cc3n21. The molecule has 2 heterocycles. The van der Waals surface area contributed by atoms with E-state index in [1.807, 2.05) is 0 Å². The van der Waals surface area contributed by atoms with Gasteiger partial charge in [0.2, 0.25) is 0 Å². The number of imidazole rings is 1. The molecule has 13 aromatic rings. The molecule has 2 aromatic heterocycles. The molecule has 11 aromatic carbocycles.